The molecule has 1 aliphatic heterocycles. The standard InChI is InChI=1S/C16H36Ge2S2/c1-7-17(8-2,9-3)16(19-14-13-15-20-16)18(10-4,11-5)12-6/h7-15H2,1-6H3. The average Bonchev–Trinajstić information content (AvgIpc) is 2.53. The summed E-state index contributed by atoms with van der Waals surface area (Å²) in [5, 5.41) is 9.42. The molecule has 0 amide bonds. The summed E-state index contributed by atoms with van der Waals surface area (Å²) in [6, 6.07) is 0. The van der Waals surface area contributed by atoms with E-state index in [-0.39, 0.29) is 0 Å². The Balaban J connectivity index is 3.41. The van der Waals surface area contributed by atoms with Gasteiger partial charge >= 0.3 is 143 Å². The van der Waals surface area contributed by atoms with Crippen LogP contribution in [-0.2, 0) is 0 Å². The molecule has 0 saturated carbocycles. The zero-order valence-electron chi connectivity index (χ0n) is 14.7. The molecule has 1 fully saturated rings. The SMILES string of the molecule is C[CH2][Ge]([CH2]C)([CH2]C)[C]1([Ge]([CH2]C)([CH2]C)[CH2]C)SCCCS1. The van der Waals surface area contributed by atoms with Crippen molar-refractivity contribution in [3.05, 3.63) is 0 Å². The maximum atomic E-state index is 2.55. The van der Waals surface area contributed by atoms with Gasteiger partial charge in [0, 0.05) is 0 Å². The monoisotopic (exact) mass is 440 g/mol. The van der Waals surface area contributed by atoms with Gasteiger partial charge in [-0.15, -0.1) is 0 Å². The van der Waals surface area contributed by atoms with Crippen LogP contribution in [0.2, 0.25) is 31.5 Å². The molecular formula is C16H36Ge2S2. The van der Waals surface area contributed by atoms with Crippen molar-refractivity contribution in [1.82, 2.24) is 0 Å². The topological polar surface area (TPSA) is 0 Å². The van der Waals surface area contributed by atoms with Crippen LogP contribution < -0.4 is 0 Å². The summed E-state index contributed by atoms with van der Waals surface area (Å²) in [4.78, 5) is 0. The van der Waals surface area contributed by atoms with Gasteiger partial charge in [0.1, 0.15) is 0 Å². The van der Waals surface area contributed by atoms with Crippen LogP contribution in [0.15, 0.2) is 0 Å². The Labute approximate surface area is 142 Å². The Morgan fingerprint density at radius 3 is 1.20 bits per heavy atom. The summed E-state index contributed by atoms with van der Waals surface area (Å²) in [6.07, 6.45) is 1.46. The van der Waals surface area contributed by atoms with Crippen LogP contribution >= 0.6 is 23.5 Å². The van der Waals surface area contributed by atoms with E-state index in [1.807, 2.05) is 0 Å². The molecule has 0 aromatic rings. The van der Waals surface area contributed by atoms with E-state index in [9.17, 15) is 0 Å². The molecule has 1 heterocycles. The van der Waals surface area contributed by atoms with Gasteiger partial charge in [0.15, 0.2) is 0 Å². The minimum atomic E-state index is -1.77. The molecule has 4 heteroatoms. The van der Waals surface area contributed by atoms with Gasteiger partial charge in [-0.1, -0.05) is 0 Å². The van der Waals surface area contributed by atoms with Gasteiger partial charge in [0.05, 0.1) is 0 Å². The Kier molecular flexibility index (Phi) is 8.51. The molecule has 120 valence electrons. The predicted molar refractivity (Wildman–Crippen MR) is 107 cm³/mol. The summed E-state index contributed by atoms with van der Waals surface area (Å²) in [5.41, 5.74) is 0. The molecule has 0 spiro atoms. The fourth-order valence-electron chi connectivity index (χ4n) is 4.60. The second-order valence-corrected chi connectivity index (χ2v) is 37.3. The van der Waals surface area contributed by atoms with Crippen molar-refractivity contribution >= 4 is 50.1 Å². The molecule has 20 heavy (non-hydrogen) atoms. The number of thioether (sulfide) groups is 2. The van der Waals surface area contributed by atoms with Crippen LogP contribution in [0.25, 0.3) is 0 Å². The number of rotatable bonds is 8. The zero-order valence-corrected chi connectivity index (χ0v) is 20.5. The molecule has 0 bridgehead atoms. The van der Waals surface area contributed by atoms with Crippen molar-refractivity contribution in [2.75, 3.05) is 11.5 Å². The van der Waals surface area contributed by atoms with Crippen molar-refractivity contribution in [2.45, 2.75) is 81.2 Å². The van der Waals surface area contributed by atoms with E-state index in [0.29, 0.717) is 0 Å². The summed E-state index contributed by atoms with van der Waals surface area (Å²) in [7, 11) is 0. The first-order chi connectivity index (χ1) is 9.57. The number of hydrogen-bond donors (Lipinski definition) is 0. The average molecular weight is 438 g/mol. The van der Waals surface area contributed by atoms with Crippen molar-refractivity contribution in [3.63, 3.8) is 0 Å². The van der Waals surface area contributed by atoms with Crippen LogP contribution in [0.3, 0.4) is 0 Å². The Hall–Kier alpha value is 1.79. The van der Waals surface area contributed by atoms with Crippen molar-refractivity contribution in [2.24, 2.45) is 0 Å². The van der Waals surface area contributed by atoms with Crippen LogP contribution in [0.5, 0.6) is 0 Å². The zero-order chi connectivity index (χ0) is 15.3. The van der Waals surface area contributed by atoms with Crippen LogP contribution in [0.1, 0.15) is 48.0 Å². The van der Waals surface area contributed by atoms with Crippen molar-refractivity contribution < 1.29 is 0 Å². The Bertz CT molecular complexity index is 242. The fourth-order valence-corrected chi connectivity index (χ4v) is 65.6. The van der Waals surface area contributed by atoms with Crippen LogP contribution in [-0.4, -0.2) is 39.8 Å². The molecule has 0 aromatic carbocycles. The normalized spacial score (nSPS) is 20.1. The van der Waals surface area contributed by atoms with E-state index in [2.05, 4.69) is 65.1 Å². The molecule has 1 saturated heterocycles. The third kappa shape index (κ3) is 3.06. The summed E-state index contributed by atoms with van der Waals surface area (Å²) in [5.74, 6) is 2.93. The van der Waals surface area contributed by atoms with E-state index >= 15 is 0 Å². The Morgan fingerprint density at radius 2 is 0.950 bits per heavy atom. The van der Waals surface area contributed by atoms with E-state index in [4.69, 9.17) is 0 Å². The summed E-state index contributed by atoms with van der Waals surface area (Å²) >= 11 is 1.47. The molecule has 0 N–H and O–H groups in total. The van der Waals surface area contributed by atoms with Gasteiger partial charge in [-0.25, -0.2) is 0 Å². The molecule has 1 aliphatic rings. The first kappa shape index (κ1) is 19.8. The third-order valence-corrected chi connectivity index (χ3v) is 56.0. The molecule has 0 nitrogen and oxygen atoms in total. The van der Waals surface area contributed by atoms with Gasteiger partial charge < -0.3 is 0 Å². The molecular weight excluding hydrogens is 402 g/mol. The number of hydrogen-bond acceptors (Lipinski definition) is 2. The van der Waals surface area contributed by atoms with Crippen LogP contribution in [0.4, 0.5) is 0 Å². The van der Waals surface area contributed by atoms with Crippen LogP contribution in [0, 0.1) is 0 Å². The first-order valence-corrected chi connectivity index (χ1v) is 21.8. The Morgan fingerprint density at radius 1 is 0.650 bits per heavy atom. The molecule has 0 atom stereocenters. The van der Waals surface area contributed by atoms with Gasteiger partial charge in [0.2, 0.25) is 0 Å². The van der Waals surface area contributed by atoms with Gasteiger partial charge in [-0.2, -0.15) is 0 Å². The molecule has 0 aromatic heterocycles. The molecule has 1 rings (SSSR count). The van der Waals surface area contributed by atoms with Crippen molar-refractivity contribution in [3.8, 4) is 0 Å². The third-order valence-electron chi connectivity index (χ3n) is 6.36. The van der Waals surface area contributed by atoms with Crippen molar-refractivity contribution in [1.29, 1.82) is 0 Å². The van der Waals surface area contributed by atoms with E-state index in [1.165, 1.54) is 17.9 Å². The maximum absolute atomic E-state index is 2.55. The van der Waals surface area contributed by atoms with Gasteiger partial charge in [-0.3, -0.25) is 0 Å². The minimum absolute atomic E-state index is 0.814. The van der Waals surface area contributed by atoms with Gasteiger partial charge in [-0.05, 0) is 0 Å². The second kappa shape index (κ2) is 8.59. The first-order valence-electron chi connectivity index (χ1n) is 8.85. The van der Waals surface area contributed by atoms with E-state index in [1.54, 1.807) is 31.5 Å². The van der Waals surface area contributed by atoms with E-state index in [0.717, 1.165) is 1.74 Å². The fraction of sp³-hybridized carbons (Fsp3) is 1.00. The van der Waals surface area contributed by atoms with Gasteiger partial charge in [0.25, 0.3) is 0 Å². The quantitative estimate of drug-likeness (QED) is 0.390. The molecule has 0 unspecified atom stereocenters. The summed E-state index contributed by atoms with van der Waals surface area (Å²) in [6.45, 7) is 15.3. The second-order valence-electron chi connectivity index (χ2n) is 6.35. The predicted octanol–water partition coefficient (Wildman–Crippen LogP) is 6.65. The van der Waals surface area contributed by atoms with E-state index < -0.39 is 26.5 Å². The molecule has 0 radical (unpaired) electrons. The molecule has 0 aliphatic carbocycles. The summed E-state index contributed by atoms with van der Waals surface area (Å²) < 4.78 is 0.814.